The first-order valence-corrected chi connectivity index (χ1v) is 9.65. The van der Waals surface area contributed by atoms with E-state index in [-0.39, 0.29) is 0 Å². The van der Waals surface area contributed by atoms with E-state index in [1.54, 1.807) is 0 Å². The molecule has 128 valence electrons. The lowest BCUT2D eigenvalue weighted by molar-refractivity contribution is 0.363. The van der Waals surface area contributed by atoms with Crippen molar-refractivity contribution in [3.05, 3.63) is 77.7 Å². The van der Waals surface area contributed by atoms with E-state index in [0.717, 1.165) is 5.75 Å². The molecule has 2 heteroatoms. The molecule has 0 fully saturated rings. The highest BCUT2D eigenvalue weighted by Crippen LogP contribution is 2.31. The summed E-state index contributed by atoms with van der Waals surface area (Å²) in [6, 6.07) is 21.6. The fourth-order valence-corrected chi connectivity index (χ4v) is 3.84. The van der Waals surface area contributed by atoms with Gasteiger partial charge in [-0.2, -0.15) is 0 Å². The summed E-state index contributed by atoms with van der Waals surface area (Å²) < 4.78 is 5.65. The maximum absolute atomic E-state index is 5.65. The van der Waals surface area contributed by atoms with Gasteiger partial charge in [-0.05, 0) is 54.3 Å². The van der Waals surface area contributed by atoms with Crippen LogP contribution < -0.4 is 4.74 Å². The molecular weight excluding hydrogens is 324 g/mol. The predicted molar refractivity (Wildman–Crippen MR) is 109 cm³/mol. The monoisotopic (exact) mass is 348 g/mol. The van der Waals surface area contributed by atoms with Crippen LogP contribution in [0.1, 0.15) is 25.1 Å². The lowest BCUT2D eigenvalue weighted by atomic mass is 10.0. The van der Waals surface area contributed by atoms with Crippen LogP contribution in [0.2, 0.25) is 0 Å². The number of benzene rings is 2. The second-order valence-electron chi connectivity index (χ2n) is 6.00. The first-order valence-electron chi connectivity index (χ1n) is 8.83. The molecule has 0 atom stereocenters. The topological polar surface area (TPSA) is 9.23 Å². The van der Waals surface area contributed by atoms with Gasteiger partial charge in [-0.15, -0.1) is 11.3 Å². The molecule has 0 bridgehead atoms. The molecule has 1 heterocycles. The molecule has 0 aliphatic carbocycles. The number of aryl methyl sites for hydroxylation is 1. The number of thiophene rings is 1. The highest BCUT2D eigenvalue weighted by Gasteiger charge is 2.04. The summed E-state index contributed by atoms with van der Waals surface area (Å²) in [6.07, 6.45) is 6.37. The van der Waals surface area contributed by atoms with Gasteiger partial charge >= 0.3 is 0 Å². The van der Waals surface area contributed by atoms with Crippen LogP contribution in [0.4, 0.5) is 0 Å². The van der Waals surface area contributed by atoms with Crippen molar-refractivity contribution in [1.82, 2.24) is 0 Å². The van der Waals surface area contributed by atoms with Crippen LogP contribution in [-0.4, -0.2) is 6.61 Å². The fraction of sp³-hybridized carbons (Fsp3) is 0.217. The normalized spacial score (nSPS) is 11.1. The minimum Gasteiger partial charge on any atom is -0.490 e. The Morgan fingerprint density at radius 1 is 0.840 bits per heavy atom. The smallest absolute Gasteiger partial charge is 0.119 e. The lowest BCUT2D eigenvalue weighted by Gasteiger charge is -2.06. The zero-order chi connectivity index (χ0) is 17.5. The molecule has 0 radical (unpaired) electrons. The molecule has 1 aromatic heterocycles. The van der Waals surface area contributed by atoms with Crippen LogP contribution in [0.3, 0.4) is 0 Å². The molecule has 0 saturated heterocycles. The van der Waals surface area contributed by atoms with Gasteiger partial charge in [-0.1, -0.05) is 61.9 Å². The summed E-state index contributed by atoms with van der Waals surface area (Å²) in [4.78, 5) is 2.82. The van der Waals surface area contributed by atoms with E-state index >= 15 is 0 Å². The first kappa shape index (κ1) is 17.5. The fourth-order valence-electron chi connectivity index (χ4n) is 2.72. The summed E-state index contributed by atoms with van der Waals surface area (Å²) in [7, 11) is 0. The molecule has 0 aliphatic heterocycles. The minimum absolute atomic E-state index is 0.616. The van der Waals surface area contributed by atoms with E-state index in [0.29, 0.717) is 6.61 Å². The van der Waals surface area contributed by atoms with Crippen molar-refractivity contribution < 1.29 is 4.74 Å². The molecular formula is C23H24OS. The maximum Gasteiger partial charge on any atom is 0.119 e. The largest absolute Gasteiger partial charge is 0.490 e. The molecule has 25 heavy (non-hydrogen) atoms. The summed E-state index contributed by atoms with van der Waals surface area (Å²) in [6.45, 7) is 4.84. The Morgan fingerprint density at radius 2 is 1.48 bits per heavy atom. The van der Waals surface area contributed by atoms with Crippen molar-refractivity contribution >= 4 is 11.3 Å². The van der Waals surface area contributed by atoms with Gasteiger partial charge in [-0.25, -0.2) is 0 Å². The predicted octanol–water partition coefficient (Wildman–Crippen LogP) is 6.99. The Balaban J connectivity index is 1.71. The van der Waals surface area contributed by atoms with Crippen LogP contribution in [-0.2, 0) is 6.42 Å². The quantitative estimate of drug-likeness (QED) is 0.418. The molecule has 0 N–H and O–H groups in total. The number of hydrogen-bond donors (Lipinski definition) is 0. The molecule has 3 rings (SSSR count). The average Bonchev–Trinajstić information content (AvgIpc) is 3.12. The Labute approximate surface area is 154 Å². The van der Waals surface area contributed by atoms with E-state index in [1.807, 2.05) is 42.5 Å². The van der Waals surface area contributed by atoms with Gasteiger partial charge in [0.1, 0.15) is 12.4 Å². The molecule has 0 saturated carbocycles. The van der Waals surface area contributed by atoms with E-state index in [2.05, 4.69) is 55.5 Å². The Hall–Kier alpha value is -2.32. The third-order valence-corrected chi connectivity index (χ3v) is 5.29. The van der Waals surface area contributed by atoms with E-state index < -0.39 is 0 Å². The SMILES string of the molecule is CC=CCOc1ccc(-c2ccc(-c3ccc(CCC)s3)cc2)cc1. The molecule has 1 nitrogen and oxygen atoms in total. The van der Waals surface area contributed by atoms with Crippen molar-refractivity contribution in [2.45, 2.75) is 26.7 Å². The lowest BCUT2D eigenvalue weighted by Crippen LogP contribution is -1.92. The second kappa shape index (κ2) is 8.68. The van der Waals surface area contributed by atoms with E-state index in [1.165, 1.54) is 39.3 Å². The standard InChI is InChI=1S/C23H24OS/c1-3-5-17-24-21-13-11-19(12-14-21)18-7-9-20(10-8-18)23-16-15-22(25-23)6-4-2/h3,5,7-16H,4,6,17H2,1-2H3. The van der Waals surface area contributed by atoms with Gasteiger partial charge in [-0.3, -0.25) is 0 Å². The summed E-state index contributed by atoms with van der Waals surface area (Å²) in [5.41, 5.74) is 3.74. The van der Waals surface area contributed by atoms with Crippen LogP contribution in [0, 0.1) is 0 Å². The van der Waals surface area contributed by atoms with E-state index in [9.17, 15) is 0 Å². The minimum atomic E-state index is 0.616. The van der Waals surface area contributed by atoms with Crippen molar-refractivity contribution in [1.29, 1.82) is 0 Å². The number of ether oxygens (including phenoxy) is 1. The van der Waals surface area contributed by atoms with Crippen molar-refractivity contribution in [2.75, 3.05) is 6.61 Å². The molecule has 3 aromatic rings. The number of rotatable bonds is 7. The molecule has 0 amide bonds. The Kier molecular flexibility index (Phi) is 6.08. The van der Waals surface area contributed by atoms with Crippen LogP contribution in [0.15, 0.2) is 72.8 Å². The second-order valence-corrected chi connectivity index (χ2v) is 7.17. The molecule has 0 aliphatic rings. The molecule has 0 unspecified atom stereocenters. The third kappa shape index (κ3) is 4.61. The number of allylic oxidation sites excluding steroid dienone is 1. The Bertz CT molecular complexity index is 810. The van der Waals surface area contributed by atoms with Gasteiger partial charge in [0, 0.05) is 9.75 Å². The third-order valence-electron chi connectivity index (χ3n) is 4.10. The van der Waals surface area contributed by atoms with Gasteiger partial charge in [0.05, 0.1) is 0 Å². The number of hydrogen-bond acceptors (Lipinski definition) is 2. The van der Waals surface area contributed by atoms with Gasteiger partial charge in [0.15, 0.2) is 0 Å². The van der Waals surface area contributed by atoms with Crippen molar-refractivity contribution in [2.24, 2.45) is 0 Å². The van der Waals surface area contributed by atoms with Gasteiger partial charge < -0.3 is 4.74 Å². The van der Waals surface area contributed by atoms with Gasteiger partial charge in [0.25, 0.3) is 0 Å². The van der Waals surface area contributed by atoms with Gasteiger partial charge in [0.2, 0.25) is 0 Å². The highest BCUT2D eigenvalue weighted by atomic mass is 32.1. The average molecular weight is 349 g/mol. The maximum atomic E-state index is 5.65. The molecule has 2 aromatic carbocycles. The first-order chi connectivity index (χ1) is 12.3. The van der Waals surface area contributed by atoms with E-state index in [4.69, 9.17) is 4.74 Å². The van der Waals surface area contributed by atoms with Crippen LogP contribution >= 0.6 is 11.3 Å². The zero-order valence-electron chi connectivity index (χ0n) is 14.9. The highest BCUT2D eigenvalue weighted by molar-refractivity contribution is 7.15. The summed E-state index contributed by atoms with van der Waals surface area (Å²) >= 11 is 1.90. The van der Waals surface area contributed by atoms with Crippen molar-refractivity contribution in [3.63, 3.8) is 0 Å². The Morgan fingerprint density at radius 3 is 2.12 bits per heavy atom. The summed E-state index contributed by atoms with van der Waals surface area (Å²) in [5.74, 6) is 0.903. The molecule has 0 spiro atoms. The zero-order valence-corrected chi connectivity index (χ0v) is 15.7. The van der Waals surface area contributed by atoms with Crippen LogP contribution in [0.25, 0.3) is 21.6 Å². The van der Waals surface area contributed by atoms with Crippen molar-refractivity contribution in [3.8, 4) is 27.3 Å². The summed E-state index contributed by atoms with van der Waals surface area (Å²) in [5, 5.41) is 0. The van der Waals surface area contributed by atoms with Crippen LogP contribution in [0.5, 0.6) is 5.75 Å².